The van der Waals surface area contributed by atoms with Crippen molar-refractivity contribution in [3.63, 3.8) is 0 Å². The van der Waals surface area contributed by atoms with Gasteiger partial charge in [0.05, 0.1) is 10.6 Å². The standard InChI is InChI=1S/C21H24ClN3O2.ClH/c22-18-10-4-3-9-17(18)21(27)25-14-16-8-2-1-7-15(16)13-19(25)20(26)24-12-6-5-11-23;/h1-4,7-10,19H,5-6,11-14,23H2,(H,24,26);1H. The maximum absolute atomic E-state index is 13.2. The lowest BCUT2D eigenvalue weighted by Gasteiger charge is -2.36. The normalized spacial score (nSPS) is 15.4. The molecule has 1 heterocycles. The molecule has 0 saturated carbocycles. The fourth-order valence-electron chi connectivity index (χ4n) is 3.36. The molecule has 0 bridgehead atoms. The zero-order valence-electron chi connectivity index (χ0n) is 15.6. The molecule has 5 nitrogen and oxygen atoms in total. The molecule has 3 N–H and O–H groups in total. The van der Waals surface area contributed by atoms with Crippen LogP contribution in [0, 0.1) is 0 Å². The summed E-state index contributed by atoms with van der Waals surface area (Å²) in [5.41, 5.74) is 8.08. The second-order valence-electron chi connectivity index (χ2n) is 6.69. The molecule has 0 saturated heterocycles. The van der Waals surface area contributed by atoms with Crippen molar-refractivity contribution in [3.8, 4) is 0 Å². The van der Waals surface area contributed by atoms with Crippen LogP contribution in [-0.2, 0) is 17.8 Å². The highest BCUT2D eigenvalue weighted by molar-refractivity contribution is 6.33. The molecular weight excluding hydrogens is 397 g/mol. The fraction of sp³-hybridized carbons (Fsp3) is 0.333. The Labute approximate surface area is 176 Å². The summed E-state index contributed by atoms with van der Waals surface area (Å²) in [6.45, 7) is 1.55. The van der Waals surface area contributed by atoms with Crippen LogP contribution in [0.4, 0.5) is 0 Å². The summed E-state index contributed by atoms with van der Waals surface area (Å²) in [6.07, 6.45) is 2.18. The third kappa shape index (κ3) is 5.04. The second kappa shape index (κ2) is 10.5. The van der Waals surface area contributed by atoms with Crippen LogP contribution in [0.15, 0.2) is 48.5 Å². The molecule has 0 aromatic heterocycles. The van der Waals surface area contributed by atoms with E-state index < -0.39 is 6.04 Å². The number of rotatable bonds is 6. The molecule has 150 valence electrons. The van der Waals surface area contributed by atoms with Gasteiger partial charge in [-0.25, -0.2) is 0 Å². The van der Waals surface area contributed by atoms with Gasteiger partial charge in [-0.15, -0.1) is 12.4 Å². The summed E-state index contributed by atoms with van der Waals surface area (Å²) in [4.78, 5) is 27.6. The van der Waals surface area contributed by atoms with Crippen molar-refractivity contribution in [3.05, 3.63) is 70.2 Å². The van der Waals surface area contributed by atoms with Gasteiger partial charge in [0.25, 0.3) is 5.91 Å². The summed E-state index contributed by atoms with van der Waals surface area (Å²) >= 11 is 6.22. The number of nitrogens with two attached hydrogens (primary N) is 1. The average molecular weight is 422 g/mol. The first kappa shape index (κ1) is 22.2. The van der Waals surface area contributed by atoms with Crippen LogP contribution >= 0.6 is 24.0 Å². The molecule has 0 radical (unpaired) electrons. The minimum atomic E-state index is -0.554. The van der Waals surface area contributed by atoms with Gasteiger partial charge in [0.2, 0.25) is 5.91 Å². The molecule has 1 atom stereocenters. The zero-order chi connectivity index (χ0) is 19.2. The molecule has 3 rings (SSSR count). The highest BCUT2D eigenvalue weighted by Gasteiger charge is 2.35. The molecule has 1 aliphatic rings. The predicted octanol–water partition coefficient (Wildman–Crippen LogP) is 3.18. The van der Waals surface area contributed by atoms with Crippen molar-refractivity contribution in [2.24, 2.45) is 5.73 Å². The summed E-state index contributed by atoms with van der Waals surface area (Å²) in [5.74, 6) is -0.362. The van der Waals surface area contributed by atoms with E-state index in [1.165, 1.54) is 0 Å². The van der Waals surface area contributed by atoms with Crippen LogP contribution in [0.3, 0.4) is 0 Å². The minimum absolute atomic E-state index is 0. The smallest absolute Gasteiger partial charge is 0.256 e. The van der Waals surface area contributed by atoms with Crippen LogP contribution in [0.2, 0.25) is 5.02 Å². The van der Waals surface area contributed by atoms with Gasteiger partial charge in [-0.3, -0.25) is 9.59 Å². The number of carbonyl (C=O) groups is 2. The maximum Gasteiger partial charge on any atom is 0.256 e. The Morgan fingerprint density at radius 3 is 2.46 bits per heavy atom. The highest BCUT2D eigenvalue weighted by Crippen LogP contribution is 2.27. The number of unbranched alkanes of at least 4 members (excludes halogenated alkanes) is 1. The number of hydrogen-bond acceptors (Lipinski definition) is 3. The first-order valence-corrected chi connectivity index (χ1v) is 9.59. The number of halogens is 2. The molecule has 28 heavy (non-hydrogen) atoms. The van der Waals surface area contributed by atoms with E-state index in [1.807, 2.05) is 24.3 Å². The van der Waals surface area contributed by atoms with Crippen molar-refractivity contribution < 1.29 is 9.59 Å². The van der Waals surface area contributed by atoms with Gasteiger partial charge in [-0.1, -0.05) is 48.0 Å². The first-order chi connectivity index (χ1) is 13.1. The van der Waals surface area contributed by atoms with Crippen LogP contribution in [-0.4, -0.2) is 35.8 Å². The maximum atomic E-state index is 13.2. The Morgan fingerprint density at radius 2 is 1.75 bits per heavy atom. The lowest BCUT2D eigenvalue weighted by Crippen LogP contribution is -2.52. The second-order valence-corrected chi connectivity index (χ2v) is 7.10. The average Bonchev–Trinajstić information content (AvgIpc) is 2.70. The first-order valence-electron chi connectivity index (χ1n) is 9.22. The number of fused-ring (bicyclic) bond motifs is 1. The quantitative estimate of drug-likeness (QED) is 0.703. The lowest BCUT2D eigenvalue weighted by atomic mass is 9.92. The van der Waals surface area contributed by atoms with E-state index in [4.69, 9.17) is 17.3 Å². The van der Waals surface area contributed by atoms with E-state index >= 15 is 0 Å². The van der Waals surface area contributed by atoms with E-state index in [1.54, 1.807) is 29.2 Å². The zero-order valence-corrected chi connectivity index (χ0v) is 17.1. The fourth-order valence-corrected chi connectivity index (χ4v) is 3.58. The number of nitrogens with zero attached hydrogens (tertiary/aromatic N) is 1. The van der Waals surface area contributed by atoms with E-state index in [0.29, 0.717) is 36.6 Å². The van der Waals surface area contributed by atoms with Crippen LogP contribution < -0.4 is 11.1 Å². The Kier molecular flexibility index (Phi) is 8.30. The van der Waals surface area contributed by atoms with Gasteiger partial charge in [0.1, 0.15) is 6.04 Å². The Bertz CT molecular complexity index is 829. The molecule has 2 aromatic carbocycles. The Morgan fingerprint density at radius 1 is 1.07 bits per heavy atom. The highest BCUT2D eigenvalue weighted by atomic mass is 35.5. The molecule has 0 fully saturated rings. The summed E-state index contributed by atoms with van der Waals surface area (Å²) in [7, 11) is 0. The number of nitrogens with one attached hydrogen (secondary N) is 1. The summed E-state index contributed by atoms with van der Waals surface area (Å²) in [6, 6.07) is 14.3. The van der Waals surface area contributed by atoms with E-state index in [2.05, 4.69) is 5.32 Å². The number of hydrogen-bond donors (Lipinski definition) is 2. The van der Waals surface area contributed by atoms with E-state index in [0.717, 1.165) is 24.0 Å². The molecule has 2 amide bonds. The minimum Gasteiger partial charge on any atom is -0.354 e. The SMILES string of the molecule is Cl.NCCCCNC(=O)C1Cc2ccccc2CN1C(=O)c1ccccc1Cl. The van der Waals surface area contributed by atoms with Crippen LogP contribution in [0.1, 0.15) is 34.3 Å². The monoisotopic (exact) mass is 421 g/mol. The van der Waals surface area contributed by atoms with Gasteiger partial charge in [0, 0.05) is 19.5 Å². The third-order valence-electron chi connectivity index (χ3n) is 4.85. The van der Waals surface area contributed by atoms with Crippen molar-refractivity contribution >= 4 is 35.8 Å². The number of benzene rings is 2. The third-order valence-corrected chi connectivity index (χ3v) is 5.18. The van der Waals surface area contributed by atoms with Gasteiger partial charge in [0.15, 0.2) is 0 Å². The van der Waals surface area contributed by atoms with Gasteiger partial charge < -0.3 is 16.0 Å². The number of amides is 2. The van der Waals surface area contributed by atoms with Gasteiger partial charge in [-0.2, -0.15) is 0 Å². The van der Waals surface area contributed by atoms with Crippen molar-refractivity contribution in [2.45, 2.75) is 31.8 Å². The Balaban J connectivity index is 0.00000280. The topological polar surface area (TPSA) is 75.4 Å². The van der Waals surface area contributed by atoms with Gasteiger partial charge >= 0.3 is 0 Å². The van der Waals surface area contributed by atoms with Crippen molar-refractivity contribution in [1.29, 1.82) is 0 Å². The largest absolute Gasteiger partial charge is 0.354 e. The van der Waals surface area contributed by atoms with Crippen LogP contribution in [0.5, 0.6) is 0 Å². The van der Waals surface area contributed by atoms with Gasteiger partial charge in [-0.05, 0) is 42.6 Å². The molecule has 1 aliphatic heterocycles. The Hall–Kier alpha value is -2.08. The number of carbonyl (C=O) groups excluding carboxylic acids is 2. The summed E-state index contributed by atoms with van der Waals surface area (Å²) in [5, 5.41) is 3.34. The van der Waals surface area contributed by atoms with E-state index in [9.17, 15) is 9.59 Å². The molecular formula is C21H25Cl2N3O2. The van der Waals surface area contributed by atoms with Crippen molar-refractivity contribution in [1.82, 2.24) is 10.2 Å². The molecule has 0 spiro atoms. The molecule has 0 aliphatic carbocycles. The van der Waals surface area contributed by atoms with Crippen LogP contribution in [0.25, 0.3) is 0 Å². The molecule has 1 unspecified atom stereocenters. The van der Waals surface area contributed by atoms with E-state index in [-0.39, 0.29) is 24.2 Å². The lowest BCUT2D eigenvalue weighted by molar-refractivity contribution is -0.126. The molecule has 7 heteroatoms. The van der Waals surface area contributed by atoms with Crippen molar-refractivity contribution in [2.75, 3.05) is 13.1 Å². The molecule has 2 aromatic rings. The predicted molar refractivity (Wildman–Crippen MR) is 114 cm³/mol. The summed E-state index contributed by atoms with van der Waals surface area (Å²) < 4.78 is 0.